The number of carbonyl (C=O) groups is 3. The topological polar surface area (TPSA) is 99.2 Å². The number of nitrogens with one attached hydrogen (secondary N) is 1. The molecule has 0 bridgehead atoms. The molecule has 3 aromatic carbocycles. The average Bonchev–Trinajstić information content (AvgIpc) is 3.55. The van der Waals surface area contributed by atoms with E-state index in [4.69, 9.17) is 4.74 Å². The zero-order chi connectivity index (χ0) is 28.9. The zero-order valence-electron chi connectivity index (χ0n) is 23.5. The second-order valence-electron chi connectivity index (χ2n) is 10.9. The first-order valence-electron chi connectivity index (χ1n) is 14.2. The minimum absolute atomic E-state index is 0.0950. The molecule has 3 aromatic rings. The summed E-state index contributed by atoms with van der Waals surface area (Å²) < 4.78 is 5.76. The first-order chi connectivity index (χ1) is 19.9. The van der Waals surface area contributed by atoms with E-state index in [-0.39, 0.29) is 25.0 Å². The van der Waals surface area contributed by atoms with Crippen molar-refractivity contribution in [1.29, 1.82) is 0 Å². The molecule has 8 nitrogen and oxygen atoms in total. The molecular weight excluding hydrogens is 518 g/mol. The molecule has 1 heterocycles. The number of carboxylic acids is 1. The number of likely N-dealkylation sites (tertiary alicyclic amines) is 1. The Bertz CT molecular complexity index is 1350. The van der Waals surface area contributed by atoms with Crippen molar-refractivity contribution in [2.45, 2.75) is 44.3 Å². The minimum atomic E-state index is -0.894. The van der Waals surface area contributed by atoms with Crippen LogP contribution in [0, 0.1) is 5.92 Å². The van der Waals surface area contributed by atoms with Crippen molar-refractivity contribution < 1.29 is 24.2 Å². The van der Waals surface area contributed by atoms with Gasteiger partial charge in [-0.05, 0) is 47.7 Å². The second kappa shape index (κ2) is 12.6. The van der Waals surface area contributed by atoms with Crippen molar-refractivity contribution in [3.63, 3.8) is 0 Å². The maximum atomic E-state index is 13.8. The maximum Gasteiger partial charge on any atom is 0.407 e. The van der Waals surface area contributed by atoms with Crippen molar-refractivity contribution in [2.75, 3.05) is 26.7 Å². The van der Waals surface area contributed by atoms with Crippen molar-refractivity contribution in [3.05, 3.63) is 95.6 Å². The summed E-state index contributed by atoms with van der Waals surface area (Å²) >= 11 is 0. The van der Waals surface area contributed by atoms with Gasteiger partial charge >= 0.3 is 12.1 Å². The number of alkyl carbamates (subject to hydrolysis) is 1. The number of amides is 2. The number of aliphatic carboxylic acids is 1. The van der Waals surface area contributed by atoms with Gasteiger partial charge < -0.3 is 20.1 Å². The second-order valence-corrected chi connectivity index (χ2v) is 10.9. The summed E-state index contributed by atoms with van der Waals surface area (Å²) in [4.78, 5) is 42.5. The molecule has 1 aliphatic heterocycles. The lowest BCUT2D eigenvalue weighted by atomic mass is 9.98. The molecule has 2 aliphatic rings. The summed E-state index contributed by atoms with van der Waals surface area (Å²) in [6.07, 6.45) is 0.262. The van der Waals surface area contributed by atoms with Crippen molar-refractivity contribution in [3.8, 4) is 11.1 Å². The number of benzene rings is 3. The Labute approximate surface area is 240 Å². The van der Waals surface area contributed by atoms with Crippen LogP contribution in [0.4, 0.5) is 4.79 Å². The summed E-state index contributed by atoms with van der Waals surface area (Å²) in [7, 11) is 1.90. The Morgan fingerprint density at radius 2 is 1.59 bits per heavy atom. The number of carboxylic acid groups (broad SMARTS) is 1. The van der Waals surface area contributed by atoms with Crippen LogP contribution in [0.1, 0.15) is 42.4 Å². The molecule has 0 saturated carbocycles. The van der Waals surface area contributed by atoms with Crippen LogP contribution < -0.4 is 5.32 Å². The Hall–Kier alpha value is -4.17. The number of nitrogens with zero attached hydrogens (tertiary/aromatic N) is 2. The van der Waals surface area contributed by atoms with Crippen LogP contribution in [-0.2, 0) is 20.9 Å². The van der Waals surface area contributed by atoms with Crippen molar-refractivity contribution >= 4 is 18.0 Å². The Balaban J connectivity index is 1.30. The van der Waals surface area contributed by atoms with Crippen LogP contribution in [0.5, 0.6) is 0 Å². The van der Waals surface area contributed by atoms with Gasteiger partial charge in [-0.15, -0.1) is 0 Å². The molecule has 1 aliphatic carbocycles. The number of likely N-dealkylation sites (N-methyl/N-ethyl adjacent to an activating group) is 1. The van der Waals surface area contributed by atoms with E-state index in [1.165, 1.54) is 0 Å². The smallest absolute Gasteiger partial charge is 0.407 e. The highest BCUT2D eigenvalue weighted by molar-refractivity contribution is 5.87. The number of hydrogen-bond donors (Lipinski definition) is 2. The lowest BCUT2D eigenvalue weighted by Crippen LogP contribution is -2.55. The lowest BCUT2D eigenvalue weighted by molar-refractivity contribution is -0.143. The van der Waals surface area contributed by atoms with Gasteiger partial charge in [-0.25, -0.2) is 4.79 Å². The van der Waals surface area contributed by atoms with Gasteiger partial charge in [0.1, 0.15) is 12.6 Å². The number of fused-ring (bicyclic) bond motifs is 3. The monoisotopic (exact) mass is 555 g/mol. The molecule has 0 aromatic heterocycles. The fourth-order valence-corrected chi connectivity index (χ4v) is 6.36. The molecule has 2 amide bonds. The third-order valence-corrected chi connectivity index (χ3v) is 8.29. The van der Waals surface area contributed by atoms with E-state index < -0.39 is 30.1 Å². The fraction of sp³-hybridized carbons (Fsp3) is 0.364. The molecule has 1 fully saturated rings. The number of carbonyl (C=O) groups excluding carboxylic acids is 2. The third-order valence-electron chi connectivity index (χ3n) is 8.29. The first-order valence-corrected chi connectivity index (χ1v) is 14.2. The Morgan fingerprint density at radius 1 is 0.976 bits per heavy atom. The van der Waals surface area contributed by atoms with Gasteiger partial charge in [0, 0.05) is 31.6 Å². The van der Waals surface area contributed by atoms with E-state index in [0.717, 1.165) is 27.8 Å². The molecular formula is C33H37N3O5. The van der Waals surface area contributed by atoms with Crippen molar-refractivity contribution in [2.24, 2.45) is 5.92 Å². The molecule has 0 spiro atoms. The fourth-order valence-electron chi connectivity index (χ4n) is 6.36. The van der Waals surface area contributed by atoms with Crippen LogP contribution in [0.2, 0.25) is 0 Å². The molecule has 41 heavy (non-hydrogen) atoms. The van der Waals surface area contributed by atoms with E-state index in [1.807, 2.05) is 73.5 Å². The third kappa shape index (κ3) is 6.12. The first kappa shape index (κ1) is 28.4. The van der Waals surface area contributed by atoms with Crippen LogP contribution in [0.3, 0.4) is 0 Å². The van der Waals surface area contributed by atoms with E-state index in [2.05, 4.69) is 29.6 Å². The van der Waals surface area contributed by atoms with Gasteiger partial charge in [0.25, 0.3) is 0 Å². The van der Waals surface area contributed by atoms with Gasteiger partial charge in [-0.1, -0.05) is 85.8 Å². The molecule has 2 N–H and O–H groups in total. The largest absolute Gasteiger partial charge is 0.481 e. The Morgan fingerprint density at radius 3 is 2.20 bits per heavy atom. The van der Waals surface area contributed by atoms with Gasteiger partial charge in [0.2, 0.25) is 5.91 Å². The highest BCUT2D eigenvalue weighted by Crippen LogP contribution is 2.44. The predicted octanol–water partition coefficient (Wildman–Crippen LogP) is 4.74. The van der Waals surface area contributed by atoms with E-state index in [9.17, 15) is 19.5 Å². The quantitative estimate of drug-likeness (QED) is 0.375. The lowest BCUT2D eigenvalue weighted by Gasteiger charge is -2.31. The van der Waals surface area contributed by atoms with E-state index >= 15 is 0 Å². The minimum Gasteiger partial charge on any atom is -0.481 e. The normalized spacial score (nSPS) is 18.6. The predicted molar refractivity (Wildman–Crippen MR) is 156 cm³/mol. The van der Waals surface area contributed by atoms with Crippen LogP contribution in [0.15, 0.2) is 78.9 Å². The molecule has 8 heteroatoms. The molecule has 3 atom stereocenters. The SMILES string of the molecule is CCC1C(C(=O)O)CCN1C(=O)C(CN(C)Cc1ccccc1)NC(=O)OCC1c2ccccc2-c2ccccc21. The number of ether oxygens (including phenoxy) is 1. The summed E-state index contributed by atoms with van der Waals surface area (Å²) in [5.41, 5.74) is 5.58. The molecule has 0 radical (unpaired) electrons. The summed E-state index contributed by atoms with van der Waals surface area (Å²) in [6.45, 7) is 3.22. The van der Waals surface area contributed by atoms with Gasteiger partial charge in [-0.2, -0.15) is 0 Å². The van der Waals surface area contributed by atoms with E-state index in [0.29, 0.717) is 25.9 Å². The van der Waals surface area contributed by atoms with Gasteiger partial charge in [0.15, 0.2) is 0 Å². The zero-order valence-corrected chi connectivity index (χ0v) is 23.5. The molecule has 214 valence electrons. The number of rotatable bonds is 10. The Kier molecular flexibility index (Phi) is 8.69. The van der Waals surface area contributed by atoms with Gasteiger partial charge in [0.05, 0.1) is 5.92 Å². The molecule has 5 rings (SSSR count). The number of hydrogen-bond acceptors (Lipinski definition) is 5. The summed E-state index contributed by atoms with van der Waals surface area (Å²) in [6, 6.07) is 24.9. The molecule has 1 saturated heterocycles. The van der Waals surface area contributed by atoms with Gasteiger partial charge in [-0.3, -0.25) is 14.5 Å². The highest BCUT2D eigenvalue weighted by atomic mass is 16.5. The maximum absolute atomic E-state index is 13.8. The molecule has 3 unspecified atom stereocenters. The summed E-state index contributed by atoms with van der Waals surface area (Å²) in [5, 5.41) is 12.5. The summed E-state index contributed by atoms with van der Waals surface area (Å²) in [5.74, 6) is -1.88. The average molecular weight is 556 g/mol. The van der Waals surface area contributed by atoms with Crippen molar-refractivity contribution in [1.82, 2.24) is 15.1 Å². The van der Waals surface area contributed by atoms with E-state index in [1.54, 1.807) is 4.90 Å². The highest BCUT2D eigenvalue weighted by Gasteiger charge is 2.42. The van der Waals surface area contributed by atoms with Crippen LogP contribution in [0.25, 0.3) is 11.1 Å². The van der Waals surface area contributed by atoms with Crippen LogP contribution in [-0.4, -0.2) is 71.7 Å². The van der Waals surface area contributed by atoms with Crippen LogP contribution >= 0.6 is 0 Å². The standard InChI is InChI=1S/C33H37N3O5/c1-3-30-27(32(38)39)17-18-36(30)31(37)29(20-35(2)19-22-11-5-4-6-12-22)34-33(40)41-21-28-25-15-9-7-13-23(25)24-14-8-10-16-26(24)28/h4-16,27-30H,3,17-21H2,1-2H3,(H,34,40)(H,38,39).